The molecule has 0 aromatic heterocycles. The first-order chi connectivity index (χ1) is 17.4. The Kier molecular flexibility index (Phi) is 9.82. The fraction of sp³-hybridized carbons (Fsp3) is 0.656. The lowest BCUT2D eigenvalue weighted by molar-refractivity contribution is -0.158. The number of hydrogen-bond acceptors (Lipinski definition) is 5. The average Bonchev–Trinajstić information content (AvgIpc) is 3.21. The molecular weight excluding hydrogens is 464 g/mol. The van der Waals surface area contributed by atoms with Crippen LogP contribution in [0.4, 0.5) is 0 Å². The molecule has 37 heavy (non-hydrogen) atoms. The van der Waals surface area contributed by atoms with E-state index in [4.69, 9.17) is 4.74 Å². The maximum Gasteiger partial charge on any atom is 0.314 e. The molecule has 0 aromatic carbocycles. The van der Waals surface area contributed by atoms with Crippen LogP contribution in [0.15, 0.2) is 59.8 Å². The van der Waals surface area contributed by atoms with Crippen molar-refractivity contribution < 1.29 is 24.9 Å². The maximum absolute atomic E-state index is 12.5. The number of carbonyl (C=O) groups excluding carboxylic acids is 1. The van der Waals surface area contributed by atoms with E-state index in [2.05, 4.69) is 32.2 Å². The summed E-state index contributed by atoms with van der Waals surface area (Å²) in [5.41, 5.74) is 3.17. The van der Waals surface area contributed by atoms with Gasteiger partial charge < -0.3 is 20.1 Å². The number of ether oxygens (including phenoxy) is 1. The lowest BCUT2D eigenvalue weighted by Gasteiger charge is -2.42. The van der Waals surface area contributed by atoms with E-state index in [9.17, 15) is 20.1 Å². The van der Waals surface area contributed by atoms with Crippen molar-refractivity contribution in [1.29, 1.82) is 0 Å². The molecule has 5 heteroatoms. The number of rotatable bonds is 9. The molecule has 3 saturated carbocycles. The van der Waals surface area contributed by atoms with Crippen molar-refractivity contribution in [1.82, 2.24) is 0 Å². The number of fused-ring (bicyclic) bond motifs is 1. The molecule has 0 spiro atoms. The zero-order valence-electron chi connectivity index (χ0n) is 23.3. The average molecular weight is 513 g/mol. The SMILES string of the molecule is C=C(/C=C/[C@H](O)C(C)(C)C(=O)OCCCC)[C@H]1CC[C@H]2/C(=C/C=C3/C[C@@H](O)C[C@H](O)C3=C)CCC[C@]12C. The molecule has 0 aromatic rings. The normalized spacial score (nSPS) is 33.6. The van der Waals surface area contributed by atoms with Gasteiger partial charge in [-0.25, -0.2) is 0 Å². The second-order valence-electron chi connectivity index (χ2n) is 12.2. The predicted molar refractivity (Wildman–Crippen MR) is 149 cm³/mol. The molecule has 206 valence electrons. The highest BCUT2D eigenvalue weighted by atomic mass is 16.5. The minimum Gasteiger partial charge on any atom is -0.465 e. The quantitative estimate of drug-likeness (QED) is 0.201. The third-order valence-electron chi connectivity index (χ3n) is 9.17. The largest absolute Gasteiger partial charge is 0.465 e. The fourth-order valence-electron chi connectivity index (χ4n) is 6.50. The van der Waals surface area contributed by atoms with Gasteiger partial charge in [0.2, 0.25) is 0 Å². The van der Waals surface area contributed by atoms with Crippen molar-refractivity contribution in [2.45, 2.75) is 104 Å². The van der Waals surface area contributed by atoms with E-state index in [1.165, 1.54) is 5.57 Å². The number of unbranched alkanes of at least 4 members (excludes halogenated alkanes) is 1. The molecule has 0 radical (unpaired) electrons. The van der Waals surface area contributed by atoms with Gasteiger partial charge in [0.25, 0.3) is 0 Å². The van der Waals surface area contributed by atoms with Crippen molar-refractivity contribution >= 4 is 5.97 Å². The van der Waals surface area contributed by atoms with Gasteiger partial charge >= 0.3 is 5.97 Å². The van der Waals surface area contributed by atoms with Crippen molar-refractivity contribution in [3.05, 3.63) is 59.8 Å². The third kappa shape index (κ3) is 6.55. The van der Waals surface area contributed by atoms with Crippen LogP contribution >= 0.6 is 0 Å². The van der Waals surface area contributed by atoms with Crippen LogP contribution in [0.25, 0.3) is 0 Å². The molecule has 0 bridgehead atoms. The topological polar surface area (TPSA) is 87.0 Å². The summed E-state index contributed by atoms with van der Waals surface area (Å²) >= 11 is 0. The summed E-state index contributed by atoms with van der Waals surface area (Å²) in [4.78, 5) is 12.5. The molecule has 3 fully saturated rings. The zero-order chi connectivity index (χ0) is 27.4. The predicted octanol–water partition coefficient (Wildman–Crippen LogP) is 5.97. The number of hydrogen-bond donors (Lipinski definition) is 3. The molecule has 0 saturated heterocycles. The van der Waals surface area contributed by atoms with Crippen molar-refractivity contribution in [2.24, 2.45) is 22.7 Å². The Hall–Kier alpha value is -1.95. The standard InChI is InChI=1S/C32H48O5/c1-7-8-18-37-30(36)31(4,5)29(35)16-11-21(2)26-14-15-27-23(10-9-17-32(26,27)6)12-13-24-19-25(33)20-28(34)22(24)3/h11-13,16,25-29,33-35H,2-3,7-10,14-15,17-20H2,1,4-6H3/b16-11+,23-12+,24-13-/t25-,26-,27+,28+,29+,32-/m1/s1. The number of aliphatic hydroxyl groups is 3. The van der Waals surface area contributed by atoms with Crippen LogP contribution in [0.5, 0.6) is 0 Å². The van der Waals surface area contributed by atoms with Gasteiger partial charge in [-0.1, -0.05) is 68.9 Å². The Morgan fingerprint density at radius 3 is 2.70 bits per heavy atom. The lowest BCUT2D eigenvalue weighted by atomic mass is 9.62. The van der Waals surface area contributed by atoms with E-state index in [0.29, 0.717) is 31.3 Å². The van der Waals surface area contributed by atoms with Gasteiger partial charge in [0.15, 0.2) is 0 Å². The van der Waals surface area contributed by atoms with E-state index in [1.807, 2.05) is 13.0 Å². The highest BCUT2D eigenvalue weighted by Crippen LogP contribution is 2.59. The van der Waals surface area contributed by atoms with E-state index in [-0.39, 0.29) is 11.4 Å². The van der Waals surface area contributed by atoms with Crippen molar-refractivity contribution in [2.75, 3.05) is 6.61 Å². The van der Waals surface area contributed by atoms with Gasteiger partial charge in [0.05, 0.1) is 30.3 Å². The minimum absolute atomic E-state index is 0.0895. The summed E-state index contributed by atoms with van der Waals surface area (Å²) in [5.74, 6) is 0.383. The van der Waals surface area contributed by atoms with E-state index < -0.39 is 23.7 Å². The molecule has 0 heterocycles. The Bertz CT molecular complexity index is 954. The molecule has 0 amide bonds. The summed E-state index contributed by atoms with van der Waals surface area (Å²) < 4.78 is 5.36. The van der Waals surface area contributed by atoms with E-state index in [0.717, 1.165) is 61.7 Å². The van der Waals surface area contributed by atoms with Gasteiger partial charge in [0.1, 0.15) is 0 Å². The molecule has 6 atom stereocenters. The summed E-state index contributed by atoms with van der Waals surface area (Å²) in [6.45, 7) is 16.7. The zero-order valence-corrected chi connectivity index (χ0v) is 23.3. The Labute approximate surface area is 223 Å². The molecule has 3 aliphatic carbocycles. The van der Waals surface area contributed by atoms with E-state index >= 15 is 0 Å². The molecular formula is C32H48O5. The smallest absolute Gasteiger partial charge is 0.314 e. The number of allylic oxidation sites excluding steroid dienone is 5. The molecule has 0 unspecified atom stereocenters. The van der Waals surface area contributed by atoms with Gasteiger partial charge in [0, 0.05) is 6.42 Å². The van der Waals surface area contributed by atoms with Crippen LogP contribution < -0.4 is 0 Å². The van der Waals surface area contributed by atoms with Gasteiger partial charge in [-0.3, -0.25) is 4.79 Å². The molecule has 3 N–H and O–H groups in total. The minimum atomic E-state index is -1.02. The summed E-state index contributed by atoms with van der Waals surface area (Å²) in [7, 11) is 0. The fourth-order valence-corrected chi connectivity index (χ4v) is 6.50. The Balaban J connectivity index is 1.70. The molecule has 3 rings (SSSR count). The van der Waals surface area contributed by atoms with Crippen LogP contribution in [0.2, 0.25) is 0 Å². The molecule has 3 aliphatic rings. The van der Waals surface area contributed by atoms with E-state index in [1.54, 1.807) is 19.9 Å². The van der Waals surface area contributed by atoms with Crippen LogP contribution in [0, 0.1) is 22.7 Å². The highest BCUT2D eigenvalue weighted by molar-refractivity contribution is 5.77. The number of aliphatic hydroxyl groups excluding tert-OH is 3. The first-order valence-electron chi connectivity index (χ1n) is 14.1. The third-order valence-corrected chi connectivity index (χ3v) is 9.17. The Morgan fingerprint density at radius 1 is 1.27 bits per heavy atom. The first-order valence-corrected chi connectivity index (χ1v) is 14.1. The monoisotopic (exact) mass is 512 g/mol. The Morgan fingerprint density at radius 2 is 2.00 bits per heavy atom. The molecule has 0 aliphatic heterocycles. The van der Waals surface area contributed by atoms with Crippen LogP contribution in [-0.2, 0) is 9.53 Å². The van der Waals surface area contributed by atoms with Crippen LogP contribution in [0.1, 0.15) is 85.5 Å². The van der Waals surface area contributed by atoms with Crippen molar-refractivity contribution in [3.8, 4) is 0 Å². The van der Waals surface area contributed by atoms with Crippen molar-refractivity contribution in [3.63, 3.8) is 0 Å². The van der Waals surface area contributed by atoms with Gasteiger partial charge in [-0.15, -0.1) is 0 Å². The summed E-state index contributed by atoms with van der Waals surface area (Å²) in [5, 5.41) is 31.1. The van der Waals surface area contributed by atoms with Gasteiger partial charge in [-0.05, 0) is 87.2 Å². The highest BCUT2D eigenvalue weighted by Gasteiger charge is 2.49. The second-order valence-corrected chi connectivity index (χ2v) is 12.2. The molecule has 5 nitrogen and oxygen atoms in total. The number of carbonyl (C=O) groups is 1. The second kappa shape index (κ2) is 12.3. The first kappa shape index (κ1) is 29.6. The maximum atomic E-state index is 12.5. The van der Waals surface area contributed by atoms with Crippen LogP contribution in [-0.4, -0.2) is 46.2 Å². The number of esters is 1. The van der Waals surface area contributed by atoms with Crippen LogP contribution in [0.3, 0.4) is 0 Å². The van der Waals surface area contributed by atoms with Gasteiger partial charge in [-0.2, -0.15) is 0 Å². The lowest BCUT2D eigenvalue weighted by Crippen LogP contribution is -2.37. The summed E-state index contributed by atoms with van der Waals surface area (Å²) in [6.07, 6.45) is 13.8. The summed E-state index contributed by atoms with van der Waals surface area (Å²) in [6, 6.07) is 0.